The first-order chi connectivity index (χ1) is 15.1. The first-order valence-corrected chi connectivity index (χ1v) is 11.7. The van der Waals surface area contributed by atoms with E-state index >= 15 is 0 Å². The summed E-state index contributed by atoms with van der Waals surface area (Å²) >= 11 is 0. The van der Waals surface area contributed by atoms with Crippen LogP contribution in [0.25, 0.3) is 0 Å². The fourth-order valence-electron chi connectivity index (χ4n) is 5.35. The van der Waals surface area contributed by atoms with Crippen molar-refractivity contribution in [3.05, 3.63) is 35.9 Å². The van der Waals surface area contributed by atoms with Crippen molar-refractivity contribution in [3.8, 4) is 0 Å². The molecule has 3 aliphatic heterocycles. The maximum Gasteiger partial charge on any atom is 0.236 e. The van der Waals surface area contributed by atoms with Gasteiger partial charge in [0.2, 0.25) is 11.8 Å². The van der Waals surface area contributed by atoms with Gasteiger partial charge < -0.3 is 15.0 Å². The van der Waals surface area contributed by atoms with Crippen molar-refractivity contribution >= 4 is 11.8 Å². The summed E-state index contributed by atoms with van der Waals surface area (Å²) in [7, 11) is 0. The molecule has 1 atom stereocenters. The molecular formula is C24H34N4O3. The molecule has 3 saturated heterocycles. The van der Waals surface area contributed by atoms with E-state index in [4.69, 9.17) is 4.74 Å². The Morgan fingerprint density at radius 2 is 1.77 bits per heavy atom. The standard InChI is InChI=1S/C24H34N4O3/c29-22(15-26-8-10-31-11-9-26)28-17-24(18-28)16-27(13-20-4-2-1-3-5-20)14-21(24)23(30)25-12-19-6-7-19/h1-5,19,21H,6-18H2,(H,25,30). The van der Waals surface area contributed by atoms with Crippen LogP contribution in [0.4, 0.5) is 0 Å². The van der Waals surface area contributed by atoms with Gasteiger partial charge >= 0.3 is 0 Å². The molecule has 5 rings (SSSR count). The van der Waals surface area contributed by atoms with Gasteiger partial charge in [-0.3, -0.25) is 19.4 Å². The molecule has 4 fully saturated rings. The molecule has 1 spiro atoms. The van der Waals surface area contributed by atoms with E-state index in [-0.39, 0.29) is 23.1 Å². The van der Waals surface area contributed by atoms with E-state index in [1.807, 2.05) is 11.0 Å². The molecule has 1 N–H and O–H groups in total. The van der Waals surface area contributed by atoms with Crippen LogP contribution >= 0.6 is 0 Å². The molecular weight excluding hydrogens is 392 g/mol. The van der Waals surface area contributed by atoms with Gasteiger partial charge in [0.1, 0.15) is 0 Å². The molecule has 1 aromatic rings. The van der Waals surface area contributed by atoms with Crippen LogP contribution in [0.1, 0.15) is 18.4 Å². The molecule has 0 aromatic heterocycles. The summed E-state index contributed by atoms with van der Waals surface area (Å²) in [4.78, 5) is 32.5. The molecule has 0 radical (unpaired) electrons. The van der Waals surface area contributed by atoms with Crippen LogP contribution in [-0.2, 0) is 20.9 Å². The number of hydrogen-bond acceptors (Lipinski definition) is 5. The number of carbonyl (C=O) groups is 2. The predicted molar refractivity (Wildman–Crippen MR) is 117 cm³/mol. The second kappa shape index (κ2) is 8.88. The Hall–Kier alpha value is -1.96. The van der Waals surface area contributed by atoms with E-state index in [9.17, 15) is 9.59 Å². The lowest BCUT2D eigenvalue weighted by Crippen LogP contribution is -2.65. The van der Waals surface area contributed by atoms with Crippen molar-refractivity contribution in [3.63, 3.8) is 0 Å². The molecule has 7 heteroatoms. The Bertz CT molecular complexity index is 785. The van der Waals surface area contributed by atoms with Crippen LogP contribution in [0.3, 0.4) is 0 Å². The van der Waals surface area contributed by atoms with Gasteiger partial charge in [0.25, 0.3) is 0 Å². The van der Waals surface area contributed by atoms with Gasteiger partial charge in [-0.15, -0.1) is 0 Å². The monoisotopic (exact) mass is 426 g/mol. The summed E-state index contributed by atoms with van der Waals surface area (Å²) in [6, 6.07) is 10.5. The number of likely N-dealkylation sites (tertiary alicyclic amines) is 2. The number of nitrogens with one attached hydrogen (secondary N) is 1. The van der Waals surface area contributed by atoms with Crippen molar-refractivity contribution in [2.75, 3.05) is 65.6 Å². The minimum atomic E-state index is -0.108. The lowest BCUT2D eigenvalue weighted by atomic mass is 9.71. The highest BCUT2D eigenvalue weighted by Crippen LogP contribution is 2.44. The maximum atomic E-state index is 13.1. The Balaban J connectivity index is 1.22. The maximum absolute atomic E-state index is 13.1. The summed E-state index contributed by atoms with van der Waals surface area (Å²) < 4.78 is 5.39. The number of amides is 2. The molecule has 1 aromatic carbocycles. The van der Waals surface area contributed by atoms with Gasteiger partial charge in [-0.25, -0.2) is 0 Å². The number of ether oxygens (including phenoxy) is 1. The van der Waals surface area contributed by atoms with E-state index in [2.05, 4.69) is 39.4 Å². The quantitative estimate of drug-likeness (QED) is 0.699. The van der Waals surface area contributed by atoms with Crippen LogP contribution in [0.5, 0.6) is 0 Å². The molecule has 0 bridgehead atoms. The van der Waals surface area contributed by atoms with Gasteiger partial charge in [0, 0.05) is 57.8 Å². The highest BCUT2D eigenvalue weighted by Gasteiger charge is 2.57. The number of nitrogens with zero attached hydrogens (tertiary/aromatic N) is 3. The fraction of sp³-hybridized carbons (Fsp3) is 0.667. The summed E-state index contributed by atoms with van der Waals surface area (Å²) in [5, 5.41) is 3.21. The highest BCUT2D eigenvalue weighted by molar-refractivity contribution is 5.83. The lowest BCUT2D eigenvalue weighted by Gasteiger charge is -2.51. The van der Waals surface area contributed by atoms with Gasteiger partial charge in [-0.1, -0.05) is 30.3 Å². The van der Waals surface area contributed by atoms with Crippen LogP contribution < -0.4 is 5.32 Å². The van der Waals surface area contributed by atoms with Crippen LogP contribution in [0.2, 0.25) is 0 Å². The van der Waals surface area contributed by atoms with Crippen molar-refractivity contribution in [2.45, 2.75) is 19.4 Å². The normalized spacial score (nSPS) is 26.1. The molecule has 168 valence electrons. The van der Waals surface area contributed by atoms with E-state index < -0.39 is 0 Å². The van der Waals surface area contributed by atoms with E-state index in [1.165, 1.54) is 18.4 Å². The van der Waals surface area contributed by atoms with Crippen LogP contribution in [-0.4, -0.2) is 92.1 Å². The largest absolute Gasteiger partial charge is 0.379 e. The van der Waals surface area contributed by atoms with E-state index in [0.29, 0.717) is 38.8 Å². The smallest absolute Gasteiger partial charge is 0.236 e. The molecule has 2 amide bonds. The first-order valence-electron chi connectivity index (χ1n) is 11.7. The van der Waals surface area contributed by atoms with Gasteiger partial charge in [-0.05, 0) is 24.3 Å². The number of rotatable bonds is 7. The van der Waals surface area contributed by atoms with Crippen molar-refractivity contribution in [2.24, 2.45) is 17.3 Å². The minimum absolute atomic E-state index is 0.0394. The van der Waals surface area contributed by atoms with Crippen molar-refractivity contribution in [1.82, 2.24) is 20.0 Å². The number of carbonyl (C=O) groups excluding carboxylic acids is 2. The van der Waals surface area contributed by atoms with Crippen LogP contribution in [0.15, 0.2) is 30.3 Å². The second-order valence-electron chi connectivity index (χ2n) is 9.90. The zero-order valence-electron chi connectivity index (χ0n) is 18.3. The second-order valence-corrected chi connectivity index (χ2v) is 9.90. The number of morpholine rings is 1. The minimum Gasteiger partial charge on any atom is -0.379 e. The van der Waals surface area contributed by atoms with Gasteiger partial charge in [0.15, 0.2) is 0 Å². The predicted octanol–water partition coefficient (Wildman–Crippen LogP) is 0.805. The molecule has 3 heterocycles. The zero-order valence-corrected chi connectivity index (χ0v) is 18.3. The first kappa shape index (κ1) is 20.9. The molecule has 4 aliphatic rings. The van der Waals surface area contributed by atoms with Gasteiger partial charge in [0.05, 0.1) is 25.7 Å². The third kappa shape index (κ3) is 4.78. The number of benzene rings is 1. The molecule has 7 nitrogen and oxygen atoms in total. The fourth-order valence-corrected chi connectivity index (χ4v) is 5.35. The summed E-state index contributed by atoms with van der Waals surface area (Å²) in [5.41, 5.74) is 1.17. The Morgan fingerprint density at radius 1 is 1.03 bits per heavy atom. The zero-order chi connectivity index (χ0) is 21.3. The Kier molecular flexibility index (Phi) is 5.99. The molecule has 1 saturated carbocycles. The third-order valence-corrected chi connectivity index (χ3v) is 7.37. The Morgan fingerprint density at radius 3 is 2.48 bits per heavy atom. The average Bonchev–Trinajstić information content (AvgIpc) is 3.51. The lowest BCUT2D eigenvalue weighted by molar-refractivity contribution is -0.151. The molecule has 1 aliphatic carbocycles. The van der Waals surface area contributed by atoms with E-state index in [1.54, 1.807) is 0 Å². The topological polar surface area (TPSA) is 65.1 Å². The van der Waals surface area contributed by atoms with E-state index in [0.717, 1.165) is 39.3 Å². The van der Waals surface area contributed by atoms with Crippen molar-refractivity contribution in [1.29, 1.82) is 0 Å². The SMILES string of the molecule is O=C(NCC1CC1)C1CN(Cc2ccccc2)CC12CN(C(=O)CN1CCOCC1)C2. The molecule has 1 unspecified atom stereocenters. The average molecular weight is 427 g/mol. The summed E-state index contributed by atoms with van der Waals surface area (Å²) in [6.07, 6.45) is 2.47. The molecule has 31 heavy (non-hydrogen) atoms. The van der Waals surface area contributed by atoms with Crippen molar-refractivity contribution < 1.29 is 14.3 Å². The van der Waals surface area contributed by atoms with Gasteiger partial charge in [-0.2, -0.15) is 0 Å². The van der Waals surface area contributed by atoms with Crippen LogP contribution in [0, 0.1) is 17.3 Å². The number of hydrogen-bond donors (Lipinski definition) is 1. The Labute approximate surface area is 184 Å². The summed E-state index contributed by atoms with van der Waals surface area (Å²) in [5.74, 6) is 1.01. The highest BCUT2D eigenvalue weighted by atomic mass is 16.5. The third-order valence-electron chi connectivity index (χ3n) is 7.37. The summed E-state index contributed by atoms with van der Waals surface area (Å²) in [6.45, 7) is 8.23.